The number of hydrogen-bond donors (Lipinski definition) is 3. The van der Waals surface area contributed by atoms with Crippen LogP contribution in [0.4, 0.5) is 10.5 Å². The normalized spacial score (nSPS) is 11.4. The number of rotatable bonds is 5. The molecule has 1 heterocycles. The van der Waals surface area contributed by atoms with Crippen LogP contribution in [0.15, 0.2) is 66.9 Å². The molecule has 164 valence electrons. The number of nitrogens with zero attached hydrogens (tertiary/aromatic N) is 1. The second-order valence-corrected chi connectivity index (χ2v) is 7.17. The maximum atomic E-state index is 12.1. The van der Waals surface area contributed by atoms with Gasteiger partial charge in [0.05, 0.1) is 18.4 Å². The van der Waals surface area contributed by atoms with Crippen LogP contribution in [0.1, 0.15) is 27.5 Å². The lowest BCUT2D eigenvalue weighted by Crippen LogP contribution is -2.26. The third-order valence-corrected chi connectivity index (χ3v) is 5.11. The van der Waals surface area contributed by atoms with E-state index in [9.17, 15) is 14.4 Å². The van der Waals surface area contributed by atoms with Crippen molar-refractivity contribution in [2.24, 2.45) is 0 Å². The Morgan fingerprint density at radius 2 is 1.64 bits per heavy atom. The summed E-state index contributed by atoms with van der Waals surface area (Å²) >= 11 is 0. The number of carboxylic acid groups (broad SMARTS) is 1. The molecule has 0 spiro atoms. The molecule has 0 saturated carbocycles. The highest BCUT2D eigenvalue weighted by molar-refractivity contribution is 6.04. The molecule has 1 aliphatic rings. The summed E-state index contributed by atoms with van der Waals surface area (Å²) in [6, 6.07) is 18.8. The molecule has 2 aromatic carbocycles. The maximum absolute atomic E-state index is 12.1. The minimum Gasteiger partial charge on any atom is -0.477 e. The Bertz CT molecular complexity index is 1230. The number of carbonyl (C=O) groups is 3. The van der Waals surface area contributed by atoms with E-state index >= 15 is 0 Å². The molecule has 0 fully saturated rings. The van der Waals surface area contributed by atoms with E-state index in [0.717, 1.165) is 22.3 Å². The number of benzene rings is 2. The van der Waals surface area contributed by atoms with Crippen LogP contribution < -0.4 is 10.6 Å². The van der Waals surface area contributed by atoms with Gasteiger partial charge in [0.2, 0.25) is 0 Å². The number of carboxylic acids is 1. The van der Waals surface area contributed by atoms with E-state index in [4.69, 9.17) is 9.84 Å². The van der Waals surface area contributed by atoms with Gasteiger partial charge in [-0.15, -0.1) is 0 Å². The molecule has 0 radical (unpaired) electrons. The summed E-state index contributed by atoms with van der Waals surface area (Å²) in [4.78, 5) is 38.4. The molecule has 8 heteroatoms. The largest absolute Gasteiger partial charge is 0.477 e. The predicted molar refractivity (Wildman–Crippen MR) is 121 cm³/mol. The van der Waals surface area contributed by atoms with E-state index in [1.54, 1.807) is 0 Å². The molecule has 33 heavy (non-hydrogen) atoms. The zero-order valence-corrected chi connectivity index (χ0v) is 17.4. The Balaban J connectivity index is 1.26. The van der Waals surface area contributed by atoms with Gasteiger partial charge in [0.1, 0.15) is 12.3 Å². The average Bonchev–Trinajstić information content (AvgIpc) is 3.14. The van der Waals surface area contributed by atoms with Crippen LogP contribution in [-0.2, 0) is 9.53 Å². The average molecular weight is 441 g/mol. The lowest BCUT2D eigenvalue weighted by atomic mass is 9.98. The lowest BCUT2D eigenvalue weighted by Gasteiger charge is -2.14. The molecule has 1 aromatic heterocycles. The highest BCUT2D eigenvalue weighted by Gasteiger charge is 2.28. The summed E-state index contributed by atoms with van der Waals surface area (Å²) in [5.41, 5.74) is 4.71. The first-order valence-corrected chi connectivity index (χ1v) is 10.1. The predicted octanol–water partition coefficient (Wildman–Crippen LogP) is 3.26. The molecule has 0 unspecified atom stereocenters. The Morgan fingerprint density at radius 1 is 0.970 bits per heavy atom. The Morgan fingerprint density at radius 3 is 2.24 bits per heavy atom. The minimum atomic E-state index is -1.16. The summed E-state index contributed by atoms with van der Waals surface area (Å²) < 4.78 is 5.40. The first kappa shape index (κ1) is 21.6. The van der Waals surface area contributed by atoms with Crippen molar-refractivity contribution in [2.75, 3.05) is 18.5 Å². The van der Waals surface area contributed by atoms with Gasteiger partial charge in [0.15, 0.2) is 0 Å². The number of aromatic nitrogens is 1. The first-order valence-electron chi connectivity index (χ1n) is 10.1. The van der Waals surface area contributed by atoms with E-state index in [1.807, 2.05) is 36.4 Å². The Kier molecular flexibility index (Phi) is 6.32. The van der Waals surface area contributed by atoms with E-state index in [-0.39, 0.29) is 24.8 Å². The van der Waals surface area contributed by atoms with E-state index in [0.29, 0.717) is 5.69 Å². The van der Waals surface area contributed by atoms with Gasteiger partial charge in [-0.05, 0) is 40.3 Å². The number of hydrogen-bond acceptors (Lipinski definition) is 5. The van der Waals surface area contributed by atoms with Gasteiger partial charge in [-0.3, -0.25) is 4.79 Å². The highest BCUT2D eigenvalue weighted by atomic mass is 16.5. The van der Waals surface area contributed by atoms with Gasteiger partial charge in [-0.1, -0.05) is 54.5 Å². The van der Waals surface area contributed by atoms with Crippen molar-refractivity contribution in [1.82, 2.24) is 10.3 Å². The fourth-order valence-corrected chi connectivity index (χ4v) is 3.65. The molecule has 0 bridgehead atoms. The molecule has 1 aliphatic carbocycles. The first-order chi connectivity index (χ1) is 16.0. The molecule has 0 aliphatic heterocycles. The third-order valence-electron chi connectivity index (χ3n) is 5.11. The van der Waals surface area contributed by atoms with Crippen molar-refractivity contribution >= 4 is 23.7 Å². The van der Waals surface area contributed by atoms with Crippen LogP contribution in [0.2, 0.25) is 0 Å². The van der Waals surface area contributed by atoms with Gasteiger partial charge in [-0.2, -0.15) is 0 Å². The van der Waals surface area contributed by atoms with Gasteiger partial charge >= 0.3 is 12.1 Å². The van der Waals surface area contributed by atoms with Gasteiger partial charge in [-0.25, -0.2) is 14.6 Å². The van der Waals surface area contributed by atoms with E-state index < -0.39 is 18.0 Å². The van der Waals surface area contributed by atoms with Crippen LogP contribution in [0.25, 0.3) is 11.1 Å². The highest BCUT2D eigenvalue weighted by Crippen LogP contribution is 2.44. The molecule has 0 saturated heterocycles. The number of fused-ring (bicyclic) bond motifs is 3. The topological polar surface area (TPSA) is 118 Å². The number of ether oxygens (including phenoxy) is 1. The molecule has 0 atom stereocenters. The van der Waals surface area contributed by atoms with Gasteiger partial charge in [0, 0.05) is 5.92 Å². The number of nitrogens with one attached hydrogen (secondary N) is 2. The van der Waals surface area contributed by atoms with Crippen LogP contribution in [0, 0.1) is 11.8 Å². The molecule has 4 rings (SSSR count). The summed E-state index contributed by atoms with van der Waals surface area (Å²) in [6.45, 7) is 0.118. The SMILES string of the molecule is O=C(C#CCNC(=O)OCC1c2ccccc2-c2ccccc21)Nc1ccc(C(=O)O)nc1. The number of amides is 2. The number of anilines is 1. The van der Waals surface area contributed by atoms with Crippen LogP contribution in [0.5, 0.6) is 0 Å². The monoisotopic (exact) mass is 441 g/mol. The van der Waals surface area contributed by atoms with Crippen LogP contribution in [0.3, 0.4) is 0 Å². The number of alkyl carbamates (subject to hydrolysis) is 1. The molecule has 3 N–H and O–H groups in total. The second-order valence-electron chi connectivity index (χ2n) is 7.17. The minimum absolute atomic E-state index is 0.0406. The van der Waals surface area contributed by atoms with Crippen molar-refractivity contribution in [3.63, 3.8) is 0 Å². The number of pyridine rings is 1. The summed E-state index contributed by atoms with van der Waals surface area (Å²) in [5, 5.41) is 13.8. The molecule has 2 amide bonds. The third kappa shape index (κ3) is 4.99. The Hall–Kier alpha value is -4.64. The molecular weight excluding hydrogens is 422 g/mol. The smallest absolute Gasteiger partial charge is 0.407 e. The van der Waals surface area contributed by atoms with Gasteiger partial charge in [0.25, 0.3) is 5.91 Å². The van der Waals surface area contributed by atoms with Crippen molar-refractivity contribution in [2.45, 2.75) is 5.92 Å². The fraction of sp³-hybridized carbons (Fsp3) is 0.120. The van der Waals surface area contributed by atoms with Crippen LogP contribution in [-0.4, -0.2) is 41.2 Å². The van der Waals surface area contributed by atoms with Crippen molar-refractivity contribution in [1.29, 1.82) is 0 Å². The molecule has 3 aromatic rings. The van der Waals surface area contributed by atoms with Crippen molar-refractivity contribution in [3.05, 3.63) is 83.7 Å². The van der Waals surface area contributed by atoms with Gasteiger partial charge < -0.3 is 20.5 Å². The zero-order chi connectivity index (χ0) is 23.2. The number of aromatic carboxylic acids is 1. The van der Waals surface area contributed by atoms with E-state index in [2.05, 4.69) is 39.6 Å². The zero-order valence-electron chi connectivity index (χ0n) is 17.4. The number of carbonyl (C=O) groups excluding carboxylic acids is 2. The standard InChI is InChI=1S/C25H19N3O5/c29-23(28-16-11-12-22(24(30)31)27-14-16)10-5-13-26-25(32)33-15-21-19-8-3-1-6-17(19)18-7-2-4-9-20(18)21/h1-4,6-9,11-12,14,21H,13,15H2,(H,26,32)(H,28,29)(H,30,31). The van der Waals surface area contributed by atoms with E-state index in [1.165, 1.54) is 18.3 Å². The maximum Gasteiger partial charge on any atom is 0.407 e. The van der Waals surface area contributed by atoms with Crippen molar-refractivity contribution < 1.29 is 24.2 Å². The summed E-state index contributed by atoms with van der Waals surface area (Å²) in [5.74, 6) is 3.05. The second kappa shape index (κ2) is 9.66. The van der Waals surface area contributed by atoms with Crippen LogP contribution >= 0.6 is 0 Å². The summed E-state index contributed by atoms with van der Waals surface area (Å²) in [6.07, 6.45) is 0.595. The molecule has 8 nitrogen and oxygen atoms in total. The Labute approximate surface area is 189 Å². The lowest BCUT2D eigenvalue weighted by molar-refractivity contribution is -0.111. The summed E-state index contributed by atoms with van der Waals surface area (Å²) in [7, 11) is 0. The fourth-order valence-electron chi connectivity index (χ4n) is 3.65. The van der Waals surface area contributed by atoms with Crippen molar-refractivity contribution in [3.8, 4) is 23.0 Å². The molecular formula is C25H19N3O5. The quantitative estimate of drug-likeness (QED) is 0.523.